The van der Waals surface area contributed by atoms with E-state index in [0.29, 0.717) is 19.5 Å². The quantitative estimate of drug-likeness (QED) is 0.748. The van der Waals surface area contributed by atoms with Gasteiger partial charge in [-0.2, -0.15) is 0 Å². The summed E-state index contributed by atoms with van der Waals surface area (Å²) in [4.78, 5) is 12.0. The lowest BCUT2D eigenvalue weighted by atomic mass is 10.1. The van der Waals surface area contributed by atoms with Crippen LogP contribution in [0, 0.1) is 0 Å². The van der Waals surface area contributed by atoms with Crippen LogP contribution in [0.3, 0.4) is 0 Å². The highest BCUT2D eigenvalue weighted by molar-refractivity contribution is 5.81. The summed E-state index contributed by atoms with van der Waals surface area (Å²) in [7, 11) is 0. The van der Waals surface area contributed by atoms with E-state index >= 15 is 0 Å². The Kier molecular flexibility index (Phi) is 5.49. The molecule has 1 atom stereocenters. The van der Waals surface area contributed by atoms with E-state index in [9.17, 15) is 4.79 Å². The number of rotatable bonds is 6. The summed E-state index contributed by atoms with van der Waals surface area (Å²) in [5.41, 5.74) is 14.7. The first-order valence-corrected chi connectivity index (χ1v) is 7.04. The van der Waals surface area contributed by atoms with Crippen LogP contribution < -0.4 is 16.8 Å². The van der Waals surface area contributed by atoms with Crippen molar-refractivity contribution in [2.45, 2.75) is 25.6 Å². The Morgan fingerprint density at radius 3 is 2.19 bits per heavy atom. The summed E-state index contributed by atoms with van der Waals surface area (Å²) in [6, 6.07) is 17.1. The zero-order valence-electron chi connectivity index (χ0n) is 12.0. The summed E-state index contributed by atoms with van der Waals surface area (Å²) in [6.45, 7) is 1.00. The van der Waals surface area contributed by atoms with Crippen LogP contribution in [-0.4, -0.2) is 11.9 Å². The maximum Gasteiger partial charge on any atom is 0.237 e. The third-order valence-electron chi connectivity index (χ3n) is 3.36. The highest BCUT2D eigenvalue weighted by atomic mass is 16.2. The SMILES string of the molecule is NCc1ccc(CNC(=O)[C@@H](N)Cc2ccccc2)cc1. The first-order valence-electron chi connectivity index (χ1n) is 7.04. The van der Waals surface area contributed by atoms with Crippen LogP contribution in [0.25, 0.3) is 0 Å². The molecule has 0 aliphatic rings. The van der Waals surface area contributed by atoms with Crippen LogP contribution >= 0.6 is 0 Å². The molecule has 5 N–H and O–H groups in total. The van der Waals surface area contributed by atoms with Gasteiger partial charge in [0.2, 0.25) is 5.91 Å². The summed E-state index contributed by atoms with van der Waals surface area (Å²) in [6.07, 6.45) is 0.540. The molecule has 110 valence electrons. The van der Waals surface area contributed by atoms with Crippen LogP contribution in [0.2, 0.25) is 0 Å². The summed E-state index contributed by atoms with van der Waals surface area (Å²) in [5.74, 6) is -0.137. The Morgan fingerprint density at radius 1 is 0.952 bits per heavy atom. The molecule has 2 aromatic rings. The van der Waals surface area contributed by atoms with Gasteiger partial charge in [0.15, 0.2) is 0 Å². The third kappa shape index (κ3) is 4.70. The van der Waals surface area contributed by atoms with E-state index in [1.54, 1.807) is 0 Å². The molecule has 0 aliphatic carbocycles. The standard InChI is InChI=1S/C17H21N3O/c18-11-14-6-8-15(9-7-14)12-20-17(21)16(19)10-13-4-2-1-3-5-13/h1-9,16H,10-12,18-19H2,(H,20,21)/t16-/m0/s1. The van der Waals surface area contributed by atoms with Gasteiger partial charge in [0.05, 0.1) is 6.04 Å². The van der Waals surface area contributed by atoms with E-state index in [1.165, 1.54) is 0 Å². The second kappa shape index (κ2) is 7.57. The molecule has 0 radical (unpaired) electrons. The van der Waals surface area contributed by atoms with Crippen molar-refractivity contribution in [1.29, 1.82) is 0 Å². The van der Waals surface area contributed by atoms with Gasteiger partial charge >= 0.3 is 0 Å². The van der Waals surface area contributed by atoms with Gasteiger partial charge in [0.25, 0.3) is 0 Å². The number of amides is 1. The summed E-state index contributed by atoms with van der Waals surface area (Å²) in [5, 5.41) is 2.86. The van der Waals surface area contributed by atoms with Gasteiger partial charge in [-0.25, -0.2) is 0 Å². The first kappa shape index (κ1) is 15.2. The van der Waals surface area contributed by atoms with Crippen LogP contribution in [0.1, 0.15) is 16.7 Å². The van der Waals surface area contributed by atoms with Crippen LogP contribution in [0.15, 0.2) is 54.6 Å². The fourth-order valence-corrected chi connectivity index (χ4v) is 2.07. The summed E-state index contributed by atoms with van der Waals surface area (Å²) < 4.78 is 0. The largest absolute Gasteiger partial charge is 0.351 e. The maximum atomic E-state index is 12.0. The molecule has 0 unspecified atom stereocenters. The van der Waals surface area contributed by atoms with E-state index in [4.69, 9.17) is 11.5 Å². The minimum absolute atomic E-state index is 0.137. The second-order valence-electron chi connectivity index (χ2n) is 5.03. The van der Waals surface area contributed by atoms with Gasteiger partial charge in [-0.3, -0.25) is 4.79 Å². The highest BCUT2D eigenvalue weighted by Crippen LogP contribution is 2.05. The molecule has 21 heavy (non-hydrogen) atoms. The van der Waals surface area contributed by atoms with Crippen molar-refractivity contribution >= 4 is 5.91 Å². The molecule has 1 amide bonds. The van der Waals surface area contributed by atoms with Crippen LogP contribution in [-0.2, 0) is 24.3 Å². The number of nitrogens with one attached hydrogen (secondary N) is 1. The smallest absolute Gasteiger partial charge is 0.237 e. The Balaban J connectivity index is 1.83. The zero-order chi connectivity index (χ0) is 15.1. The fourth-order valence-electron chi connectivity index (χ4n) is 2.07. The average Bonchev–Trinajstić information content (AvgIpc) is 2.54. The summed E-state index contributed by atoms with van der Waals surface area (Å²) >= 11 is 0. The molecule has 0 spiro atoms. The molecule has 0 aliphatic heterocycles. The van der Waals surface area contributed by atoms with E-state index in [-0.39, 0.29) is 5.91 Å². The number of hydrogen-bond acceptors (Lipinski definition) is 3. The van der Waals surface area contributed by atoms with Crippen molar-refractivity contribution < 1.29 is 4.79 Å². The molecule has 4 nitrogen and oxygen atoms in total. The molecule has 0 saturated heterocycles. The van der Waals surface area contributed by atoms with Gasteiger partial charge in [0, 0.05) is 13.1 Å². The second-order valence-corrected chi connectivity index (χ2v) is 5.03. The lowest BCUT2D eigenvalue weighted by Gasteiger charge is -2.12. The van der Waals surface area contributed by atoms with Crippen molar-refractivity contribution in [3.8, 4) is 0 Å². The van der Waals surface area contributed by atoms with E-state index in [2.05, 4.69) is 5.32 Å². The minimum Gasteiger partial charge on any atom is -0.351 e. The fraction of sp³-hybridized carbons (Fsp3) is 0.235. The predicted molar refractivity (Wildman–Crippen MR) is 84.3 cm³/mol. The number of carbonyl (C=O) groups excluding carboxylic acids is 1. The zero-order valence-corrected chi connectivity index (χ0v) is 12.0. The van der Waals surface area contributed by atoms with E-state index < -0.39 is 6.04 Å². The molecular formula is C17H21N3O. The lowest BCUT2D eigenvalue weighted by Crippen LogP contribution is -2.41. The van der Waals surface area contributed by atoms with Crippen molar-refractivity contribution in [2.75, 3.05) is 0 Å². The lowest BCUT2D eigenvalue weighted by molar-refractivity contribution is -0.122. The number of nitrogens with two attached hydrogens (primary N) is 2. The molecule has 0 aromatic heterocycles. The Hall–Kier alpha value is -2.17. The number of carbonyl (C=O) groups is 1. The first-order chi connectivity index (χ1) is 10.2. The average molecular weight is 283 g/mol. The number of hydrogen-bond donors (Lipinski definition) is 3. The molecule has 2 aromatic carbocycles. The highest BCUT2D eigenvalue weighted by Gasteiger charge is 2.13. The molecule has 4 heteroatoms. The number of benzene rings is 2. The molecule has 0 saturated carbocycles. The van der Waals surface area contributed by atoms with E-state index in [1.807, 2.05) is 54.6 Å². The van der Waals surface area contributed by atoms with Crippen molar-refractivity contribution in [1.82, 2.24) is 5.32 Å². The van der Waals surface area contributed by atoms with Crippen molar-refractivity contribution in [3.63, 3.8) is 0 Å². The normalized spacial score (nSPS) is 11.9. The Bertz CT molecular complexity index is 566. The third-order valence-corrected chi connectivity index (χ3v) is 3.36. The maximum absolute atomic E-state index is 12.0. The molecular weight excluding hydrogens is 262 g/mol. The minimum atomic E-state index is -0.532. The van der Waals surface area contributed by atoms with Crippen LogP contribution in [0.4, 0.5) is 0 Å². The van der Waals surface area contributed by atoms with Crippen LogP contribution in [0.5, 0.6) is 0 Å². The monoisotopic (exact) mass is 283 g/mol. The van der Waals surface area contributed by atoms with Crippen molar-refractivity contribution in [3.05, 3.63) is 71.3 Å². The molecule has 0 heterocycles. The molecule has 2 rings (SSSR count). The Labute approximate surface area is 125 Å². The van der Waals surface area contributed by atoms with Gasteiger partial charge in [0.1, 0.15) is 0 Å². The van der Waals surface area contributed by atoms with Crippen molar-refractivity contribution in [2.24, 2.45) is 11.5 Å². The topological polar surface area (TPSA) is 81.1 Å². The van der Waals surface area contributed by atoms with E-state index in [0.717, 1.165) is 16.7 Å². The van der Waals surface area contributed by atoms with Gasteiger partial charge in [-0.05, 0) is 23.1 Å². The van der Waals surface area contributed by atoms with Gasteiger partial charge in [-0.1, -0.05) is 54.6 Å². The van der Waals surface area contributed by atoms with Gasteiger partial charge < -0.3 is 16.8 Å². The Morgan fingerprint density at radius 2 is 1.57 bits per heavy atom. The molecule has 0 bridgehead atoms. The van der Waals surface area contributed by atoms with Gasteiger partial charge in [-0.15, -0.1) is 0 Å². The molecule has 0 fully saturated rings. The predicted octanol–water partition coefficient (Wildman–Crippen LogP) is 1.33.